The van der Waals surface area contributed by atoms with Crippen LogP contribution in [0.2, 0.25) is 0 Å². The van der Waals surface area contributed by atoms with Crippen LogP contribution in [0.5, 0.6) is 0 Å². The molecule has 0 aliphatic rings. The number of oxazole rings is 1. The lowest BCUT2D eigenvalue weighted by Crippen LogP contribution is -2.22. The van der Waals surface area contributed by atoms with Gasteiger partial charge in [-0.1, -0.05) is 22.5 Å². The molecule has 0 saturated carbocycles. The fourth-order valence-electron chi connectivity index (χ4n) is 0.837. The summed E-state index contributed by atoms with van der Waals surface area (Å²) < 4.78 is 17.1. The molecule has 70 valence electrons. The van der Waals surface area contributed by atoms with Gasteiger partial charge in [-0.3, -0.25) is 4.98 Å². The summed E-state index contributed by atoms with van der Waals surface area (Å²) in [6.07, 6.45) is 2.70. The lowest BCUT2D eigenvalue weighted by molar-refractivity contribution is 0.480. The fraction of sp³-hybridized carbons (Fsp3) is 0.125. The Morgan fingerprint density at radius 2 is 2.46 bits per heavy atom. The predicted molar refractivity (Wildman–Crippen MR) is 51.6 cm³/mol. The standard InChI is InChI=1S/C8H7BrFNO2/c1-5(9)4-6-7(2-3-10)13-8(12)11-6/h2,4H,1,3H2,(H,11,12)/b6-4+,7-2+. The highest BCUT2D eigenvalue weighted by atomic mass is 79.9. The first-order valence-corrected chi connectivity index (χ1v) is 4.24. The van der Waals surface area contributed by atoms with Crippen molar-refractivity contribution in [2.75, 3.05) is 6.67 Å². The lowest BCUT2D eigenvalue weighted by atomic mass is 10.4. The van der Waals surface area contributed by atoms with Crippen molar-refractivity contribution in [3.05, 3.63) is 32.4 Å². The Balaban J connectivity index is 3.45. The predicted octanol–water partition coefficient (Wildman–Crippen LogP) is 0.407. The van der Waals surface area contributed by atoms with Crippen LogP contribution in [0.25, 0.3) is 12.2 Å². The largest absolute Gasteiger partial charge is 0.417 e. The van der Waals surface area contributed by atoms with Gasteiger partial charge in [-0.05, 0) is 12.2 Å². The summed E-state index contributed by atoms with van der Waals surface area (Å²) in [5.74, 6) is -0.611. The Bertz CT molecular complexity index is 471. The number of H-pyrrole nitrogens is 1. The van der Waals surface area contributed by atoms with E-state index in [4.69, 9.17) is 0 Å². The summed E-state index contributed by atoms with van der Waals surface area (Å²) in [6.45, 7) is 2.87. The quantitative estimate of drug-likeness (QED) is 0.823. The van der Waals surface area contributed by atoms with Crippen LogP contribution in [0, 0.1) is 0 Å². The molecule has 0 amide bonds. The molecule has 0 bridgehead atoms. The number of allylic oxidation sites excluding steroid dienone is 1. The second-order valence-corrected chi connectivity index (χ2v) is 3.26. The van der Waals surface area contributed by atoms with E-state index < -0.39 is 12.4 Å². The zero-order valence-electron chi connectivity index (χ0n) is 6.64. The first kappa shape index (κ1) is 9.98. The van der Waals surface area contributed by atoms with Gasteiger partial charge < -0.3 is 4.42 Å². The minimum atomic E-state index is -0.684. The summed E-state index contributed by atoms with van der Waals surface area (Å²) in [5, 5.41) is 0.407. The molecule has 1 heterocycles. The van der Waals surface area contributed by atoms with Gasteiger partial charge >= 0.3 is 5.76 Å². The van der Waals surface area contributed by atoms with E-state index >= 15 is 0 Å². The summed E-state index contributed by atoms with van der Waals surface area (Å²) >= 11 is 3.08. The highest BCUT2D eigenvalue weighted by Crippen LogP contribution is 1.99. The van der Waals surface area contributed by atoms with E-state index in [1.54, 1.807) is 0 Å². The maximum absolute atomic E-state index is 11.9. The Labute approximate surface area is 81.4 Å². The molecule has 5 heteroatoms. The number of halogens is 2. The van der Waals surface area contributed by atoms with E-state index in [9.17, 15) is 9.18 Å². The maximum atomic E-state index is 11.9. The van der Waals surface area contributed by atoms with Crippen LogP contribution in [0.4, 0.5) is 4.39 Å². The van der Waals surface area contributed by atoms with Gasteiger partial charge in [0, 0.05) is 4.48 Å². The molecule has 0 saturated heterocycles. The molecule has 13 heavy (non-hydrogen) atoms. The van der Waals surface area contributed by atoms with E-state index in [1.807, 2.05) is 0 Å². The number of rotatable bonds is 2. The third-order valence-corrected chi connectivity index (χ3v) is 1.50. The third kappa shape index (κ3) is 2.69. The van der Waals surface area contributed by atoms with E-state index in [0.717, 1.165) is 0 Å². The van der Waals surface area contributed by atoms with Gasteiger partial charge in [0.15, 0.2) is 5.42 Å². The highest BCUT2D eigenvalue weighted by molar-refractivity contribution is 9.12. The Hall–Kier alpha value is -1.10. The second kappa shape index (κ2) is 4.23. The van der Waals surface area contributed by atoms with E-state index in [2.05, 4.69) is 31.9 Å². The van der Waals surface area contributed by atoms with Crippen LogP contribution in [-0.4, -0.2) is 11.7 Å². The van der Waals surface area contributed by atoms with Gasteiger partial charge in [-0.25, -0.2) is 9.18 Å². The normalized spacial score (nSPS) is 13.7. The van der Waals surface area contributed by atoms with Crippen LogP contribution in [0.15, 0.2) is 20.3 Å². The number of hydrogen-bond donors (Lipinski definition) is 1. The molecule has 0 unspecified atom stereocenters. The second-order valence-electron chi connectivity index (χ2n) is 2.24. The number of hydrogen-bond acceptors (Lipinski definition) is 2. The fourth-order valence-corrected chi connectivity index (χ4v) is 1.07. The van der Waals surface area contributed by atoms with Crippen molar-refractivity contribution in [1.29, 1.82) is 0 Å². The Morgan fingerprint density at radius 3 is 3.00 bits per heavy atom. The molecular formula is C8H7BrFNO2. The minimum Gasteiger partial charge on any atom is -0.408 e. The Kier molecular flexibility index (Phi) is 3.25. The molecule has 0 radical (unpaired) electrons. The topological polar surface area (TPSA) is 46.0 Å². The smallest absolute Gasteiger partial charge is 0.408 e. The zero-order valence-corrected chi connectivity index (χ0v) is 8.23. The van der Waals surface area contributed by atoms with Gasteiger partial charge in [0.05, 0.1) is 5.35 Å². The van der Waals surface area contributed by atoms with E-state index in [-0.39, 0.29) is 5.42 Å². The van der Waals surface area contributed by atoms with Gasteiger partial charge in [0.2, 0.25) is 0 Å². The molecule has 0 aromatic carbocycles. The van der Waals surface area contributed by atoms with Gasteiger partial charge in [0.25, 0.3) is 0 Å². The maximum Gasteiger partial charge on any atom is 0.417 e. The van der Waals surface area contributed by atoms with Crippen LogP contribution in [0.1, 0.15) is 0 Å². The lowest BCUT2D eigenvalue weighted by Gasteiger charge is -1.79. The Morgan fingerprint density at radius 1 is 1.77 bits per heavy atom. The van der Waals surface area contributed by atoms with E-state index in [0.29, 0.717) is 9.83 Å². The van der Waals surface area contributed by atoms with Gasteiger partial charge in [-0.15, -0.1) is 0 Å². The SMILES string of the molecule is C=C(Br)/C=c1/[nH]c(=O)o/c1=C/CF. The summed E-state index contributed by atoms with van der Waals surface area (Å²) in [5.41, 5.74) is 0.188. The molecule has 1 rings (SSSR count). The molecule has 0 atom stereocenters. The molecule has 0 aliphatic heterocycles. The zero-order chi connectivity index (χ0) is 9.84. The van der Waals surface area contributed by atoms with Crippen molar-refractivity contribution in [1.82, 2.24) is 4.98 Å². The monoisotopic (exact) mass is 247 g/mol. The highest BCUT2D eigenvalue weighted by Gasteiger charge is 1.93. The van der Waals surface area contributed by atoms with Crippen LogP contribution in [0.3, 0.4) is 0 Å². The molecule has 0 fully saturated rings. The number of aromatic amines is 1. The minimum absolute atomic E-state index is 0.188. The first-order chi connectivity index (χ1) is 6.13. The third-order valence-electron chi connectivity index (χ3n) is 1.27. The van der Waals surface area contributed by atoms with Crippen molar-refractivity contribution >= 4 is 28.1 Å². The van der Waals surface area contributed by atoms with Crippen molar-refractivity contribution in [2.24, 2.45) is 0 Å². The van der Waals surface area contributed by atoms with Crippen LogP contribution >= 0.6 is 15.9 Å². The summed E-state index contributed by atoms with van der Waals surface area (Å²) in [7, 11) is 0. The molecule has 1 N–H and O–H groups in total. The molecular weight excluding hydrogens is 241 g/mol. The summed E-state index contributed by atoms with van der Waals surface area (Å²) in [6, 6.07) is 0. The average Bonchev–Trinajstić information content (AvgIpc) is 2.31. The number of alkyl halides is 1. The van der Waals surface area contributed by atoms with Crippen molar-refractivity contribution in [2.45, 2.75) is 0 Å². The first-order valence-electron chi connectivity index (χ1n) is 3.45. The van der Waals surface area contributed by atoms with Crippen LogP contribution < -0.4 is 16.5 Å². The van der Waals surface area contributed by atoms with Crippen molar-refractivity contribution in [3.63, 3.8) is 0 Å². The van der Waals surface area contributed by atoms with E-state index in [1.165, 1.54) is 12.2 Å². The number of aromatic nitrogens is 1. The van der Waals surface area contributed by atoms with Crippen molar-refractivity contribution < 1.29 is 8.81 Å². The molecule has 1 aromatic heterocycles. The van der Waals surface area contributed by atoms with Crippen molar-refractivity contribution in [3.8, 4) is 0 Å². The summed E-state index contributed by atoms with van der Waals surface area (Å²) in [4.78, 5) is 13.1. The number of nitrogens with one attached hydrogen (secondary N) is 1. The van der Waals surface area contributed by atoms with Gasteiger partial charge in [-0.2, -0.15) is 0 Å². The average molecular weight is 248 g/mol. The van der Waals surface area contributed by atoms with Crippen LogP contribution in [-0.2, 0) is 0 Å². The molecule has 0 spiro atoms. The molecule has 1 aromatic rings. The van der Waals surface area contributed by atoms with Gasteiger partial charge in [0.1, 0.15) is 6.67 Å². The molecule has 3 nitrogen and oxygen atoms in total. The molecule has 0 aliphatic carbocycles.